The molecule has 0 unspecified atom stereocenters. The van der Waals surface area contributed by atoms with Crippen molar-refractivity contribution in [2.45, 2.75) is 58.3 Å². The van der Waals surface area contributed by atoms with Gasteiger partial charge in [-0.25, -0.2) is 0 Å². The highest BCUT2D eigenvalue weighted by Gasteiger charge is 2.40. The fourth-order valence-corrected chi connectivity index (χ4v) is 1.99. The van der Waals surface area contributed by atoms with Crippen molar-refractivity contribution in [3.8, 4) is 0 Å². The molecule has 0 heterocycles. The topological polar surface area (TPSA) is 55.1 Å². The quantitative estimate of drug-likeness (QED) is 0.592. The van der Waals surface area contributed by atoms with Crippen molar-refractivity contribution in [1.29, 1.82) is 0 Å². The normalized spacial score (nSPS) is 17.1. The van der Waals surface area contributed by atoms with Gasteiger partial charge in [-0.3, -0.25) is 4.79 Å². The highest BCUT2D eigenvalue weighted by Crippen LogP contribution is 2.47. The Labute approximate surface area is 99.2 Å². The first-order valence-electron chi connectivity index (χ1n) is 6.69. The molecule has 0 aromatic rings. The molecule has 3 nitrogen and oxygen atoms in total. The Kier molecular flexibility index (Phi) is 5.81. The standard InChI is InChI=1S/C13H26N2O/c1-2-13(8-9-13)11-15-12(16)7-5-3-4-6-10-14/h2-11,14H2,1H3,(H,15,16). The summed E-state index contributed by atoms with van der Waals surface area (Å²) in [6.45, 7) is 3.88. The van der Waals surface area contributed by atoms with E-state index in [0.29, 0.717) is 11.8 Å². The predicted octanol–water partition coefficient (Wildman–Crippen LogP) is 2.20. The molecule has 3 heteroatoms. The van der Waals surface area contributed by atoms with Crippen LogP contribution >= 0.6 is 0 Å². The SMILES string of the molecule is CCC1(CNC(=O)CCCCCCN)CC1. The monoisotopic (exact) mass is 226 g/mol. The minimum Gasteiger partial charge on any atom is -0.356 e. The Morgan fingerprint density at radius 3 is 2.50 bits per heavy atom. The average molecular weight is 226 g/mol. The smallest absolute Gasteiger partial charge is 0.220 e. The Balaban J connectivity index is 1.95. The molecule has 0 radical (unpaired) electrons. The first kappa shape index (κ1) is 13.5. The molecular formula is C13H26N2O. The summed E-state index contributed by atoms with van der Waals surface area (Å²) in [5.74, 6) is 0.229. The zero-order valence-corrected chi connectivity index (χ0v) is 10.6. The molecule has 1 aliphatic carbocycles. The number of unbranched alkanes of at least 4 members (excludes halogenated alkanes) is 3. The second-order valence-electron chi connectivity index (χ2n) is 5.08. The molecule has 94 valence electrons. The summed E-state index contributed by atoms with van der Waals surface area (Å²) in [7, 11) is 0. The molecule has 0 spiro atoms. The van der Waals surface area contributed by atoms with E-state index in [9.17, 15) is 4.79 Å². The second kappa shape index (κ2) is 6.89. The lowest BCUT2D eigenvalue weighted by Gasteiger charge is -2.13. The van der Waals surface area contributed by atoms with E-state index in [4.69, 9.17) is 5.73 Å². The maximum Gasteiger partial charge on any atom is 0.220 e. The van der Waals surface area contributed by atoms with Crippen molar-refractivity contribution in [2.75, 3.05) is 13.1 Å². The van der Waals surface area contributed by atoms with Gasteiger partial charge in [-0.05, 0) is 44.1 Å². The minimum atomic E-state index is 0.229. The van der Waals surface area contributed by atoms with E-state index in [-0.39, 0.29) is 5.91 Å². The summed E-state index contributed by atoms with van der Waals surface area (Å²) in [5.41, 5.74) is 5.88. The van der Waals surface area contributed by atoms with E-state index in [1.807, 2.05) is 0 Å². The van der Waals surface area contributed by atoms with Gasteiger partial charge in [0.2, 0.25) is 5.91 Å². The minimum absolute atomic E-state index is 0.229. The van der Waals surface area contributed by atoms with Gasteiger partial charge in [0.1, 0.15) is 0 Å². The van der Waals surface area contributed by atoms with Gasteiger partial charge >= 0.3 is 0 Å². The number of rotatable bonds is 9. The summed E-state index contributed by atoms with van der Waals surface area (Å²) in [6.07, 6.45) is 8.84. The number of carbonyl (C=O) groups is 1. The zero-order valence-electron chi connectivity index (χ0n) is 10.6. The number of hydrogen-bond acceptors (Lipinski definition) is 2. The molecule has 0 aliphatic heterocycles. The van der Waals surface area contributed by atoms with Crippen LogP contribution in [0.5, 0.6) is 0 Å². The Morgan fingerprint density at radius 2 is 1.94 bits per heavy atom. The van der Waals surface area contributed by atoms with Crippen LogP contribution in [0.25, 0.3) is 0 Å². The molecule has 1 saturated carbocycles. The van der Waals surface area contributed by atoms with Crippen molar-refractivity contribution in [3.63, 3.8) is 0 Å². The summed E-state index contributed by atoms with van der Waals surface area (Å²) in [4.78, 5) is 11.5. The first-order chi connectivity index (χ1) is 7.72. The summed E-state index contributed by atoms with van der Waals surface area (Å²) >= 11 is 0. The Morgan fingerprint density at radius 1 is 1.25 bits per heavy atom. The van der Waals surface area contributed by atoms with E-state index in [1.54, 1.807) is 0 Å². The van der Waals surface area contributed by atoms with Crippen molar-refractivity contribution < 1.29 is 4.79 Å². The maximum atomic E-state index is 11.5. The van der Waals surface area contributed by atoms with E-state index < -0.39 is 0 Å². The number of nitrogens with two attached hydrogens (primary N) is 1. The molecule has 0 bridgehead atoms. The van der Waals surface area contributed by atoms with E-state index >= 15 is 0 Å². The molecule has 1 rings (SSSR count). The van der Waals surface area contributed by atoms with Gasteiger partial charge in [0, 0.05) is 13.0 Å². The van der Waals surface area contributed by atoms with E-state index in [0.717, 1.165) is 38.8 Å². The summed E-state index contributed by atoms with van der Waals surface area (Å²) in [5, 5.41) is 3.06. The van der Waals surface area contributed by atoms with Gasteiger partial charge in [0.15, 0.2) is 0 Å². The van der Waals surface area contributed by atoms with Crippen molar-refractivity contribution in [2.24, 2.45) is 11.1 Å². The van der Waals surface area contributed by atoms with Gasteiger partial charge in [-0.2, -0.15) is 0 Å². The predicted molar refractivity (Wildman–Crippen MR) is 67.1 cm³/mol. The van der Waals surface area contributed by atoms with Gasteiger partial charge in [-0.15, -0.1) is 0 Å². The zero-order chi connectivity index (χ0) is 11.9. The van der Waals surface area contributed by atoms with E-state index in [1.165, 1.54) is 19.3 Å². The Hall–Kier alpha value is -0.570. The highest BCUT2D eigenvalue weighted by molar-refractivity contribution is 5.75. The molecule has 3 N–H and O–H groups in total. The second-order valence-corrected chi connectivity index (χ2v) is 5.08. The fourth-order valence-electron chi connectivity index (χ4n) is 1.99. The molecular weight excluding hydrogens is 200 g/mol. The molecule has 0 atom stereocenters. The van der Waals surface area contributed by atoms with Gasteiger partial charge in [0.25, 0.3) is 0 Å². The van der Waals surface area contributed by atoms with Crippen LogP contribution in [0.15, 0.2) is 0 Å². The third-order valence-corrected chi connectivity index (χ3v) is 3.73. The number of nitrogens with one attached hydrogen (secondary N) is 1. The van der Waals surface area contributed by atoms with Gasteiger partial charge in [-0.1, -0.05) is 19.8 Å². The fraction of sp³-hybridized carbons (Fsp3) is 0.923. The van der Waals surface area contributed by atoms with Gasteiger partial charge < -0.3 is 11.1 Å². The van der Waals surface area contributed by atoms with Crippen LogP contribution in [0.1, 0.15) is 58.3 Å². The number of carbonyl (C=O) groups excluding carboxylic acids is 1. The maximum absolute atomic E-state index is 11.5. The molecule has 0 saturated heterocycles. The molecule has 0 aromatic heterocycles. The molecule has 1 amide bonds. The molecule has 1 aliphatic rings. The van der Waals surface area contributed by atoms with Crippen LogP contribution in [0.4, 0.5) is 0 Å². The van der Waals surface area contributed by atoms with Gasteiger partial charge in [0.05, 0.1) is 0 Å². The molecule has 16 heavy (non-hydrogen) atoms. The van der Waals surface area contributed by atoms with Crippen molar-refractivity contribution >= 4 is 5.91 Å². The highest BCUT2D eigenvalue weighted by atomic mass is 16.1. The lowest BCUT2D eigenvalue weighted by molar-refractivity contribution is -0.121. The van der Waals surface area contributed by atoms with Crippen LogP contribution in [-0.4, -0.2) is 19.0 Å². The van der Waals surface area contributed by atoms with Crippen LogP contribution in [0.3, 0.4) is 0 Å². The van der Waals surface area contributed by atoms with Crippen LogP contribution in [0.2, 0.25) is 0 Å². The largest absolute Gasteiger partial charge is 0.356 e. The lowest BCUT2D eigenvalue weighted by atomic mass is 10.0. The van der Waals surface area contributed by atoms with Crippen LogP contribution in [0, 0.1) is 5.41 Å². The third-order valence-electron chi connectivity index (χ3n) is 3.73. The average Bonchev–Trinajstić information content (AvgIpc) is 3.07. The third kappa shape index (κ3) is 4.97. The number of amides is 1. The Bertz CT molecular complexity index is 212. The van der Waals surface area contributed by atoms with E-state index in [2.05, 4.69) is 12.2 Å². The molecule has 1 fully saturated rings. The van der Waals surface area contributed by atoms with Crippen LogP contribution < -0.4 is 11.1 Å². The molecule has 0 aromatic carbocycles. The summed E-state index contributed by atoms with van der Waals surface area (Å²) < 4.78 is 0. The summed E-state index contributed by atoms with van der Waals surface area (Å²) in [6, 6.07) is 0. The van der Waals surface area contributed by atoms with Crippen molar-refractivity contribution in [1.82, 2.24) is 5.32 Å². The van der Waals surface area contributed by atoms with Crippen molar-refractivity contribution in [3.05, 3.63) is 0 Å². The first-order valence-corrected chi connectivity index (χ1v) is 6.69. The lowest BCUT2D eigenvalue weighted by Crippen LogP contribution is -2.29. The number of hydrogen-bond donors (Lipinski definition) is 2. The van der Waals surface area contributed by atoms with Crippen LogP contribution in [-0.2, 0) is 4.79 Å².